The number of carbonyl (C=O) groups is 3. The molecule has 4 aliphatic rings. The van der Waals surface area contributed by atoms with Crippen LogP contribution in [0.15, 0.2) is 30.4 Å². The second kappa shape index (κ2) is 9.00. The minimum absolute atomic E-state index is 0.128. The van der Waals surface area contributed by atoms with Gasteiger partial charge in [-0.25, -0.2) is 0 Å². The second-order valence-electron chi connectivity index (χ2n) is 10.0. The minimum Gasteiger partial charge on any atom is -0.359 e. The van der Waals surface area contributed by atoms with Gasteiger partial charge in [0, 0.05) is 23.3 Å². The Morgan fingerprint density at radius 1 is 1.21 bits per heavy atom. The SMILES string of the molecule is CCCN1C(=O)[C@H]2[C@H](C(=O)Nc3ccc(C)c(Cl)c3)[C@H]3C=C[C@@]2(O3)[C@@H]1C(=O)NC1CCCCC1. The molecule has 5 atom stereocenters. The summed E-state index contributed by atoms with van der Waals surface area (Å²) in [7, 11) is 0. The number of likely N-dealkylation sites (tertiary alicyclic amines) is 1. The molecule has 1 aromatic rings. The van der Waals surface area contributed by atoms with Crippen LogP contribution >= 0.6 is 11.6 Å². The van der Waals surface area contributed by atoms with E-state index in [2.05, 4.69) is 10.6 Å². The van der Waals surface area contributed by atoms with E-state index in [0.717, 1.165) is 31.2 Å². The number of benzene rings is 1. The van der Waals surface area contributed by atoms with Gasteiger partial charge in [0.2, 0.25) is 17.7 Å². The monoisotopic (exact) mass is 485 g/mol. The normalized spacial score (nSPS) is 32.2. The Morgan fingerprint density at radius 3 is 2.68 bits per heavy atom. The minimum atomic E-state index is -1.11. The van der Waals surface area contributed by atoms with Crippen LogP contribution < -0.4 is 10.6 Å². The van der Waals surface area contributed by atoms with Crippen molar-refractivity contribution in [1.82, 2.24) is 10.2 Å². The summed E-state index contributed by atoms with van der Waals surface area (Å²) in [6, 6.07) is 4.70. The summed E-state index contributed by atoms with van der Waals surface area (Å²) in [5.74, 6) is -2.08. The summed E-state index contributed by atoms with van der Waals surface area (Å²) < 4.78 is 6.35. The third-order valence-electron chi connectivity index (χ3n) is 7.78. The van der Waals surface area contributed by atoms with Crippen LogP contribution in [0.3, 0.4) is 0 Å². The molecule has 1 saturated carbocycles. The van der Waals surface area contributed by atoms with Gasteiger partial charge in [-0.3, -0.25) is 14.4 Å². The third-order valence-corrected chi connectivity index (χ3v) is 8.19. The second-order valence-corrected chi connectivity index (χ2v) is 10.4. The molecule has 0 unspecified atom stereocenters. The molecule has 0 radical (unpaired) electrons. The standard InChI is InChI=1S/C26H32ClN3O4/c1-3-13-30-22(24(32)28-16-7-5-4-6-8-16)26-12-11-19(34-26)20(21(26)25(30)33)23(31)29-17-10-9-15(2)18(27)14-17/h9-12,14,16,19-22H,3-8,13H2,1-2H3,(H,28,32)(H,29,31)/t19-,20-,21-,22+,26+/m1/s1. The first kappa shape index (κ1) is 23.4. The van der Waals surface area contributed by atoms with E-state index in [-0.39, 0.29) is 23.8 Å². The number of halogens is 1. The average Bonchev–Trinajstić information content (AvgIpc) is 3.45. The van der Waals surface area contributed by atoms with Gasteiger partial charge in [-0.1, -0.05) is 56.0 Å². The van der Waals surface area contributed by atoms with E-state index in [1.165, 1.54) is 6.42 Å². The average molecular weight is 486 g/mol. The van der Waals surface area contributed by atoms with Crippen LogP contribution in [0.25, 0.3) is 0 Å². The zero-order valence-corrected chi connectivity index (χ0v) is 20.4. The molecule has 1 aliphatic carbocycles. The maximum atomic E-state index is 13.7. The molecule has 7 nitrogen and oxygen atoms in total. The topological polar surface area (TPSA) is 87.7 Å². The summed E-state index contributed by atoms with van der Waals surface area (Å²) >= 11 is 6.23. The van der Waals surface area contributed by atoms with Crippen LogP contribution in [0.2, 0.25) is 5.02 Å². The number of hydrogen-bond donors (Lipinski definition) is 2. The summed E-state index contributed by atoms with van der Waals surface area (Å²) in [6.45, 7) is 4.32. The molecule has 2 saturated heterocycles. The maximum Gasteiger partial charge on any atom is 0.246 e. The van der Waals surface area contributed by atoms with Crippen LogP contribution in [-0.2, 0) is 19.1 Å². The molecule has 2 N–H and O–H groups in total. The number of ether oxygens (including phenoxy) is 1. The molecule has 1 spiro atoms. The number of anilines is 1. The lowest BCUT2D eigenvalue weighted by atomic mass is 9.74. The first-order valence-electron chi connectivity index (χ1n) is 12.4. The van der Waals surface area contributed by atoms with E-state index in [1.807, 2.05) is 32.1 Å². The zero-order chi connectivity index (χ0) is 24.0. The van der Waals surface area contributed by atoms with Crippen molar-refractivity contribution in [3.05, 3.63) is 40.9 Å². The van der Waals surface area contributed by atoms with Crippen molar-refractivity contribution in [2.24, 2.45) is 11.8 Å². The molecule has 1 aromatic carbocycles. The van der Waals surface area contributed by atoms with E-state index in [9.17, 15) is 14.4 Å². The number of carbonyl (C=O) groups excluding carboxylic acids is 3. The highest BCUT2D eigenvalue weighted by Gasteiger charge is 2.72. The molecular formula is C26H32ClN3O4. The van der Waals surface area contributed by atoms with Gasteiger partial charge in [-0.15, -0.1) is 0 Å². The number of hydrogen-bond acceptors (Lipinski definition) is 4. The molecule has 34 heavy (non-hydrogen) atoms. The molecule has 3 amide bonds. The first-order chi connectivity index (χ1) is 16.4. The summed E-state index contributed by atoms with van der Waals surface area (Å²) in [6.07, 6.45) is 9.19. The van der Waals surface area contributed by atoms with Gasteiger partial charge < -0.3 is 20.3 Å². The third kappa shape index (κ3) is 3.73. The number of amides is 3. The molecule has 3 heterocycles. The van der Waals surface area contributed by atoms with Crippen molar-refractivity contribution in [3.63, 3.8) is 0 Å². The Labute approximate surface area is 205 Å². The lowest BCUT2D eigenvalue weighted by molar-refractivity contribution is -0.141. The van der Waals surface area contributed by atoms with Crippen LogP contribution in [0, 0.1) is 18.8 Å². The van der Waals surface area contributed by atoms with Crippen LogP contribution in [0.4, 0.5) is 5.69 Å². The van der Waals surface area contributed by atoms with E-state index >= 15 is 0 Å². The lowest BCUT2D eigenvalue weighted by Crippen LogP contribution is -2.56. The van der Waals surface area contributed by atoms with Gasteiger partial charge in [-0.05, 0) is 43.9 Å². The van der Waals surface area contributed by atoms with Gasteiger partial charge in [0.25, 0.3) is 0 Å². The Morgan fingerprint density at radius 2 is 1.97 bits per heavy atom. The van der Waals surface area contributed by atoms with Crippen molar-refractivity contribution in [2.45, 2.75) is 76.2 Å². The molecule has 182 valence electrons. The van der Waals surface area contributed by atoms with Crippen molar-refractivity contribution < 1.29 is 19.1 Å². The highest BCUT2D eigenvalue weighted by Crippen LogP contribution is 2.55. The largest absolute Gasteiger partial charge is 0.359 e. The fourth-order valence-corrected chi connectivity index (χ4v) is 6.35. The van der Waals surface area contributed by atoms with Gasteiger partial charge in [0.1, 0.15) is 11.6 Å². The van der Waals surface area contributed by atoms with Crippen molar-refractivity contribution >= 4 is 35.0 Å². The molecular weight excluding hydrogens is 454 g/mol. The number of rotatable bonds is 6. The molecule has 2 bridgehead atoms. The maximum absolute atomic E-state index is 13.7. The van der Waals surface area contributed by atoms with Crippen LogP contribution in [0.5, 0.6) is 0 Å². The first-order valence-corrected chi connectivity index (χ1v) is 12.8. The predicted molar refractivity (Wildman–Crippen MR) is 129 cm³/mol. The van der Waals surface area contributed by atoms with E-state index in [4.69, 9.17) is 16.3 Å². The molecule has 3 aliphatic heterocycles. The van der Waals surface area contributed by atoms with Gasteiger partial charge in [0.05, 0.1) is 17.9 Å². The number of nitrogens with zero attached hydrogens (tertiary/aromatic N) is 1. The van der Waals surface area contributed by atoms with Gasteiger partial charge in [0.15, 0.2) is 0 Å². The predicted octanol–water partition coefficient (Wildman–Crippen LogP) is 3.60. The number of nitrogens with one attached hydrogen (secondary N) is 2. The summed E-state index contributed by atoms with van der Waals surface area (Å²) in [4.78, 5) is 42.3. The van der Waals surface area contributed by atoms with E-state index in [1.54, 1.807) is 17.0 Å². The quantitative estimate of drug-likeness (QED) is 0.603. The molecule has 8 heteroatoms. The Kier molecular flexibility index (Phi) is 6.19. The Balaban J connectivity index is 1.42. The Bertz CT molecular complexity index is 1040. The zero-order valence-electron chi connectivity index (χ0n) is 19.7. The van der Waals surface area contributed by atoms with Crippen LogP contribution in [-0.4, -0.2) is 53.0 Å². The number of fused-ring (bicyclic) bond motifs is 1. The van der Waals surface area contributed by atoms with Gasteiger partial charge in [-0.2, -0.15) is 0 Å². The van der Waals surface area contributed by atoms with Crippen molar-refractivity contribution in [2.75, 3.05) is 11.9 Å². The van der Waals surface area contributed by atoms with Crippen LogP contribution in [0.1, 0.15) is 51.0 Å². The summed E-state index contributed by atoms with van der Waals surface area (Å²) in [5, 5.41) is 6.67. The Hall–Kier alpha value is -2.38. The highest BCUT2D eigenvalue weighted by atomic mass is 35.5. The summed E-state index contributed by atoms with van der Waals surface area (Å²) in [5.41, 5.74) is 0.379. The highest BCUT2D eigenvalue weighted by molar-refractivity contribution is 6.31. The number of aryl methyl sites for hydroxylation is 1. The van der Waals surface area contributed by atoms with E-state index < -0.39 is 29.6 Å². The van der Waals surface area contributed by atoms with Crippen molar-refractivity contribution in [1.29, 1.82) is 0 Å². The lowest BCUT2D eigenvalue weighted by Gasteiger charge is -2.34. The molecule has 5 rings (SSSR count). The molecule has 3 fully saturated rings. The van der Waals surface area contributed by atoms with Crippen molar-refractivity contribution in [3.8, 4) is 0 Å². The fourth-order valence-electron chi connectivity index (χ4n) is 6.17. The van der Waals surface area contributed by atoms with E-state index in [0.29, 0.717) is 23.7 Å². The fraction of sp³-hybridized carbons (Fsp3) is 0.577. The smallest absolute Gasteiger partial charge is 0.246 e. The molecule has 0 aromatic heterocycles. The van der Waals surface area contributed by atoms with Gasteiger partial charge >= 0.3 is 0 Å².